The van der Waals surface area contributed by atoms with Crippen molar-refractivity contribution in [3.63, 3.8) is 0 Å². The number of aliphatic hydroxyl groups is 4. The quantitative estimate of drug-likeness (QED) is 0.525. The van der Waals surface area contributed by atoms with E-state index < -0.39 is 43.1 Å². The van der Waals surface area contributed by atoms with Crippen LogP contribution in [0.1, 0.15) is 0 Å². The summed E-state index contributed by atoms with van der Waals surface area (Å²) < 4.78 is 18.3. The van der Waals surface area contributed by atoms with Crippen LogP contribution in [0.3, 0.4) is 0 Å². The number of hydrogen-bond acceptors (Lipinski definition) is 6. The Hall–Kier alpha value is -0.960. The minimum Gasteiger partial charge on any atom is -0.394 e. The number of hydrogen-bond donors (Lipinski definition) is 5. The third kappa shape index (κ3) is 3.03. The Labute approximate surface area is 119 Å². The van der Waals surface area contributed by atoms with Gasteiger partial charge in [0.2, 0.25) is 0 Å². The number of anilines is 1. The lowest BCUT2D eigenvalue weighted by Gasteiger charge is -2.40. The van der Waals surface area contributed by atoms with Crippen molar-refractivity contribution in [3.8, 4) is 0 Å². The maximum Gasteiger partial charge on any atom is 0.157 e. The molecule has 1 saturated heterocycles. The number of rotatable bonds is 3. The predicted octanol–water partition coefficient (Wildman–Crippen LogP) is -0.309. The van der Waals surface area contributed by atoms with Gasteiger partial charge in [0.25, 0.3) is 0 Å². The second-order valence-electron chi connectivity index (χ2n) is 4.52. The Balaban J connectivity index is 2.13. The summed E-state index contributed by atoms with van der Waals surface area (Å²) in [4.78, 5) is 0. The average molecular weight is 308 g/mol. The van der Waals surface area contributed by atoms with E-state index in [9.17, 15) is 19.7 Å². The molecule has 6 nitrogen and oxygen atoms in total. The minimum absolute atomic E-state index is 0.111. The van der Waals surface area contributed by atoms with Gasteiger partial charge in [0.05, 0.1) is 11.6 Å². The first-order chi connectivity index (χ1) is 9.43. The molecule has 5 N–H and O–H groups in total. The fourth-order valence-electron chi connectivity index (χ4n) is 1.97. The summed E-state index contributed by atoms with van der Waals surface area (Å²) in [5.41, 5.74) is 0.362. The summed E-state index contributed by atoms with van der Waals surface area (Å²) in [6.45, 7) is -0.521. The molecule has 0 bridgehead atoms. The summed E-state index contributed by atoms with van der Waals surface area (Å²) in [6.07, 6.45) is -6.41. The molecule has 1 aromatic rings. The van der Waals surface area contributed by atoms with Gasteiger partial charge in [-0.3, -0.25) is 0 Å². The molecule has 5 atom stereocenters. The highest BCUT2D eigenvalue weighted by molar-refractivity contribution is 6.31. The van der Waals surface area contributed by atoms with Gasteiger partial charge in [-0.15, -0.1) is 0 Å². The van der Waals surface area contributed by atoms with Crippen LogP contribution in [0.25, 0.3) is 0 Å². The van der Waals surface area contributed by atoms with Crippen molar-refractivity contribution in [1.82, 2.24) is 0 Å². The first kappa shape index (κ1) is 15.4. The van der Waals surface area contributed by atoms with Crippen LogP contribution in [-0.4, -0.2) is 57.7 Å². The largest absolute Gasteiger partial charge is 0.394 e. The molecule has 1 heterocycles. The molecule has 1 aliphatic rings. The Morgan fingerprint density at radius 3 is 2.50 bits per heavy atom. The monoisotopic (exact) mass is 307 g/mol. The van der Waals surface area contributed by atoms with Crippen molar-refractivity contribution >= 4 is 17.3 Å². The molecule has 0 radical (unpaired) electrons. The standard InChI is InChI=1S/C12H15ClFNO5/c13-6-3-5(1-2-7(6)14)15-12-11(19)10(18)9(17)8(4-16)20-12/h1-3,8-12,15-19H,4H2/t8-,9-,10+,11+,12-/m1/s1. The zero-order valence-electron chi connectivity index (χ0n) is 10.3. The SMILES string of the molecule is OC[C@H]1O[C@@H](Nc2ccc(F)c(Cl)c2)[C@@H](O)[C@@H](O)[C@@H]1O. The van der Waals surface area contributed by atoms with Crippen LogP contribution in [0.2, 0.25) is 5.02 Å². The molecule has 0 unspecified atom stereocenters. The third-order valence-corrected chi connectivity index (χ3v) is 3.41. The highest BCUT2D eigenvalue weighted by Gasteiger charge is 2.43. The third-order valence-electron chi connectivity index (χ3n) is 3.12. The number of aliphatic hydroxyl groups excluding tert-OH is 4. The van der Waals surface area contributed by atoms with Crippen LogP contribution in [0, 0.1) is 5.82 Å². The molecule has 112 valence electrons. The van der Waals surface area contributed by atoms with Crippen LogP contribution >= 0.6 is 11.6 Å². The Bertz CT molecular complexity index is 475. The Morgan fingerprint density at radius 2 is 1.90 bits per heavy atom. The van der Waals surface area contributed by atoms with Crippen molar-refractivity contribution in [2.24, 2.45) is 0 Å². The molecule has 0 amide bonds. The molecule has 1 fully saturated rings. The van der Waals surface area contributed by atoms with Crippen LogP contribution in [0.5, 0.6) is 0 Å². The van der Waals surface area contributed by atoms with Gasteiger partial charge in [-0.2, -0.15) is 0 Å². The van der Waals surface area contributed by atoms with Crippen LogP contribution < -0.4 is 5.32 Å². The van der Waals surface area contributed by atoms with E-state index in [1.54, 1.807) is 0 Å². The average Bonchev–Trinajstić information content (AvgIpc) is 2.43. The molecule has 0 saturated carbocycles. The topological polar surface area (TPSA) is 102 Å². The van der Waals surface area contributed by atoms with E-state index in [-0.39, 0.29) is 5.02 Å². The van der Waals surface area contributed by atoms with Gasteiger partial charge < -0.3 is 30.5 Å². The van der Waals surface area contributed by atoms with E-state index in [0.717, 1.165) is 6.07 Å². The van der Waals surface area contributed by atoms with Crippen LogP contribution in [-0.2, 0) is 4.74 Å². The summed E-state index contributed by atoms with van der Waals surface area (Å²) in [7, 11) is 0. The number of ether oxygens (including phenoxy) is 1. The normalized spacial score (nSPS) is 34.0. The molecule has 1 aromatic carbocycles. The lowest BCUT2D eigenvalue weighted by atomic mass is 9.98. The molecule has 2 rings (SSSR count). The first-order valence-corrected chi connectivity index (χ1v) is 6.34. The van der Waals surface area contributed by atoms with Crippen LogP contribution in [0.4, 0.5) is 10.1 Å². The van der Waals surface area contributed by atoms with Gasteiger partial charge in [0.15, 0.2) is 6.23 Å². The predicted molar refractivity (Wildman–Crippen MR) is 68.8 cm³/mol. The van der Waals surface area contributed by atoms with Gasteiger partial charge in [-0.1, -0.05) is 11.6 Å². The van der Waals surface area contributed by atoms with Crippen molar-refractivity contribution in [1.29, 1.82) is 0 Å². The zero-order valence-corrected chi connectivity index (χ0v) is 11.0. The van der Waals surface area contributed by atoms with E-state index in [2.05, 4.69) is 5.32 Å². The summed E-state index contributed by atoms with van der Waals surface area (Å²) >= 11 is 5.63. The molecule has 20 heavy (non-hydrogen) atoms. The van der Waals surface area contributed by atoms with E-state index in [1.807, 2.05) is 0 Å². The van der Waals surface area contributed by atoms with Crippen molar-refractivity contribution < 1.29 is 29.6 Å². The molecule has 0 spiro atoms. The smallest absolute Gasteiger partial charge is 0.157 e. The highest BCUT2D eigenvalue weighted by atomic mass is 35.5. The van der Waals surface area contributed by atoms with E-state index in [0.29, 0.717) is 5.69 Å². The summed E-state index contributed by atoms with van der Waals surface area (Å²) in [5, 5.41) is 40.7. The fraction of sp³-hybridized carbons (Fsp3) is 0.500. The molecule has 8 heteroatoms. The molecule has 0 aromatic heterocycles. The number of nitrogens with one attached hydrogen (secondary N) is 1. The summed E-state index contributed by atoms with van der Waals surface area (Å²) in [6, 6.07) is 3.80. The van der Waals surface area contributed by atoms with Gasteiger partial charge in [0, 0.05) is 5.69 Å². The zero-order chi connectivity index (χ0) is 14.9. The second-order valence-corrected chi connectivity index (χ2v) is 4.93. The minimum atomic E-state index is -1.48. The molecular weight excluding hydrogens is 293 g/mol. The number of halogens is 2. The van der Waals surface area contributed by atoms with Crippen LogP contribution in [0.15, 0.2) is 18.2 Å². The van der Waals surface area contributed by atoms with Gasteiger partial charge in [-0.05, 0) is 18.2 Å². The van der Waals surface area contributed by atoms with E-state index in [4.69, 9.17) is 21.4 Å². The second kappa shape index (κ2) is 6.21. The highest BCUT2D eigenvalue weighted by Crippen LogP contribution is 2.25. The van der Waals surface area contributed by atoms with Gasteiger partial charge >= 0.3 is 0 Å². The van der Waals surface area contributed by atoms with Gasteiger partial charge in [-0.25, -0.2) is 4.39 Å². The van der Waals surface area contributed by atoms with Crippen molar-refractivity contribution in [3.05, 3.63) is 29.0 Å². The van der Waals surface area contributed by atoms with Crippen molar-refractivity contribution in [2.45, 2.75) is 30.6 Å². The molecular formula is C12H15ClFNO5. The molecule has 1 aliphatic heterocycles. The maximum absolute atomic E-state index is 13.0. The fourth-order valence-corrected chi connectivity index (χ4v) is 2.15. The van der Waals surface area contributed by atoms with Crippen molar-refractivity contribution in [2.75, 3.05) is 11.9 Å². The first-order valence-electron chi connectivity index (χ1n) is 5.96. The van der Waals surface area contributed by atoms with E-state index >= 15 is 0 Å². The number of benzene rings is 1. The lowest BCUT2D eigenvalue weighted by Crippen LogP contribution is -2.60. The molecule has 0 aliphatic carbocycles. The maximum atomic E-state index is 13.0. The Morgan fingerprint density at radius 1 is 1.20 bits per heavy atom. The van der Waals surface area contributed by atoms with E-state index in [1.165, 1.54) is 12.1 Å². The van der Waals surface area contributed by atoms with Gasteiger partial charge in [0.1, 0.15) is 30.2 Å². The Kier molecular flexibility index (Phi) is 4.79. The summed E-state index contributed by atoms with van der Waals surface area (Å²) in [5.74, 6) is -0.592. The lowest BCUT2D eigenvalue weighted by molar-refractivity contribution is -0.221.